The number of carbonyl (C=O) groups excluding carboxylic acids is 4. The summed E-state index contributed by atoms with van der Waals surface area (Å²) in [5.41, 5.74) is 0.115. The smallest absolute Gasteiger partial charge is 0.197 e. The summed E-state index contributed by atoms with van der Waals surface area (Å²) in [6.07, 6.45) is 1.38. The molecule has 0 aliphatic heterocycles. The SMILES string of the molecule is O=C=CC(=O)c1ccccc1C(=O)C=C=O. The van der Waals surface area contributed by atoms with Crippen molar-refractivity contribution in [3.63, 3.8) is 0 Å². The average Bonchev–Trinajstić information content (AvgIpc) is 2.30. The van der Waals surface area contributed by atoms with Crippen molar-refractivity contribution in [2.24, 2.45) is 0 Å². The van der Waals surface area contributed by atoms with Gasteiger partial charge in [0, 0.05) is 11.1 Å². The van der Waals surface area contributed by atoms with E-state index < -0.39 is 11.6 Å². The molecule has 0 radical (unpaired) electrons. The summed E-state index contributed by atoms with van der Waals surface area (Å²) in [6, 6.07) is 5.88. The second-order valence-electron chi connectivity index (χ2n) is 2.80. The maximum absolute atomic E-state index is 11.4. The number of ketones is 2. The van der Waals surface area contributed by atoms with E-state index in [0.717, 1.165) is 0 Å². The molecule has 1 rings (SSSR count). The van der Waals surface area contributed by atoms with Crippen molar-refractivity contribution < 1.29 is 19.2 Å². The van der Waals surface area contributed by atoms with Gasteiger partial charge in [0.2, 0.25) is 0 Å². The molecule has 0 aliphatic carbocycles. The molecule has 0 aromatic heterocycles. The van der Waals surface area contributed by atoms with Gasteiger partial charge in [-0.3, -0.25) is 9.59 Å². The molecule has 78 valence electrons. The van der Waals surface area contributed by atoms with Crippen molar-refractivity contribution in [2.45, 2.75) is 0 Å². The molecule has 0 spiro atoms. The Morgan fingerprint density at radius 3 is 1.56 bits per heavy atom. The first-order chi connectivity index (χ1) is 7.70. The fourth-order valence-corrected chi connectivity index (χ4v) is 1.18. The quantitative estimate of drug-likeness (QED) is 0.423. The van der Waals surface area contributed by atoms with Crippen LogP contribution in [-0.4, -0.2) is 23.4 Å². The zero-order chi connectivity index (χ0) is 12.0. The van der Waals surface area contributed by atoms with Crippen molar-refractivity contribution >= 4 is 23.4 Å². The van der Waals surface area contributed by atoms with Gasteiger partial charge < -0.3 is 0 Å². The highest BCUT2D eigenvalue weighted by atomic mass is 16.1. The third-order valence-corrected chi connectivity index (χ3v) is 1.84. The average molecular weight is 214 g/mol. The van der Waals surface area contributed by atoms with Gasteiger partial charge in [-0.15, -0.1) is 0 Å². The van der Waals surface area contributed by atoms with Crippen molar-refractivity contribution in [1.82, 2.24) is 0 Å². The Kier molecular flexibility index (Phi) is 3.87. The van der Waals surface area contributed by atoms with Crippen LogP contribution in [0.15, 0.2) is 36.4 Å². The first kappa shape index (κ1) is 11.5. The van der Waals surface area contributed by atoms with Crippen molar-refractivity contribution in [2.75, 3.05) is 0 Å². The van der Waals surface area contributed by atoms with E-state index in [9.17, 15) is 19.2 Å². The first-order valence-electron chi connectivity index (χ1n) is 4.30. The lowest BCUT2D eigenvalue weighted by atomic mass is 10.0. The summed E-state index contributed by atoms with van der Waals surface area (Å²) in [6.45, 7) is 0. The highest BCUT2D eigenvalue weighted by Crippen LogP contribution is 2.11. The summed E-state index contributed by atoms with van der Waals surface area (Å²) >= 11 is 0. The van der Waals surface area contributed by atoms with E-state index >= 15 is 0 Å². The molecule has 16 heavy (non-hydrogen) atoms. The van der Waals surface area contributed by atoms with Crippen LogP contribution < -0.4 is 0 Å². The maximum atomic E-state index is 11.4. The Balaban J connectivity index is 3.30. The van der Waals surface area contributed by atoms with E-state index in [1.54, 1.807) is 12.1 Å². The zero-order valence-electron chi connectivity index (χ0n) is 8.10. The van der Waals surface area contributed by atoms with Gasteiger partial charge >= 0.3 is 0 Å². The molecule has 4 heteroatoms. The number of hydrogen-bond acceptors (Lipinski definition) is 4. The van der Waals surface area contributed by atoms with Crippen LogP contribution in [0.4, 0.5) is 0 Å². The van der Waals surface area contributed by atoms with Crippen molar-refractivity contribution in [3.05, 3.63) is 47.5 Å². The molecule has 1 aromatic rings. The lowest BCUT2D eigenvalue weighted by Gasteiger charge is -2.01. The summed E-state index contributed by atoms with van der Waals surface area (Å²) in [7, 11) is 0. The molecule has 0 N–H and O–H groups in total. The van der Waals surface area contributed by atoms with Crippen LogP contribution >= 0.6 is 0 Å². The van der Waals surface area contributed by atoms with E-state index in [0.29, 0.717) is 12.2 Å². The van der Waals surface area contributed by atoms with Crippen LogP contribution in [-0.2, 0) is 9.59 Å². The van der Waals surface area contributed by atoms with Gasteiger partial charge in [-0.25, -0.2) is 9.59 Å². The number of carbonyl (C=O) groups is 2. The highest BCUT2D eigenvalue weighted by Gasteiger charge is 2.13. The topological polar surface area (TPSA) is 68.3 Å². The number of allylic oxidation sites excluding steroid dienone is 2. The zero-order valence-corrected chi connectivity index (χ0v) is 8.10. The highest BCUT2D eigenvalue weighted by molar-refractivity contribution is 6.18. The Morgan fingerprint density at radius 1 is 0.875 bits per heavy atom. The Hall–Kier alpha value is -2.54. The Morgan fingerprint density at radius 2 is 1.25 bits per heavy atom. The fraction of sp³-hybridized carbons (Fsp3) is 0. The van der Waals surface area contributed by atoms with E-state index in [2.05, 4.69) is 0 Å². The Labute approximate surface area is 90.9 Å². The molecular formula is C12H6O4. The predicted molar refractivity (Wildman–Crippen MR) is 55.6 cm³/mol. The Bertz CT molecular complexity index is 481. The standard InChI is InChI=1S/C12H6O4/c13-7-5-11(15)9-3-1-2-4-10(9)12(16)6-8-14/h1-6H. The van der Waals surface area contributed by atoms with E-state index in [1.807, 2.05) is 0 Å². The van der Waals surface area contributed by atoms with Crippen LogP contribution in [0, 0.1) is 0 Å². The molecule has 0 unspecified atom stereocenters. The number of rotatable bonds is 4. The molecule has 0 heterocycles. The predicted octanol–water partition coefficient (Wildman–Crippen LogP) is 0.828. The number of hydrogen-bond donors (Lipinski definition) is 0. The minimum atomic E-state index is -0.627. The second-order valence-corrected chi connectivity index (χ2v) is 2.80. The molecule has 0 saturated carbocycles. The molecule has 0 aliphatic rings. The second kappa shape index (κ2) is 5.37. The van der Waals surface area contributed by atoms with Crippen molar-refractivity contribution in [3.8, 4) is 0 Å². The summed E-state index contributed by atoms with van der Waals surface area (Å²) in [5, 5.41) is 0. The lowest BCUT2D eigenvalue weighted by Crippen LogP contribution is -2.05. The van der Waals surface area contributed by atoms with Crippen LogP contribution in [0.5, 0.6) is 0 Å². The largest absolute Gasteiger partial charge is 0.288 e. The van der Waals surface area contributed by atoms with Gasteiger partial charge in [0.15, 0.2) is 11.6 Å². The van der Waals surface area contributed by atoms with E-state index in [4.69, 9.17) is 0 Å². The molecule has 1 aromatic carbocycles. The van der Waals surface area contributed by atoms with Gasteiger partial charge in [-0.2, -0.15) is 0 Å². The molecule has 4 nitrogen and oxygen atoms in total. The summed E-state index contributed by atoms with van der Waals surface area (Å²) < 4.78 is 0. The first-order valence-corrected chi connectivity index (χ1v) is 4.30. The van der Waals surface area contributed by atoms with Gasteiger partial charge in [-0.05, 0) is 0 Å². The molecular weight excluding hydrogens is 208 g/mol. The molecule has 0 atom stereocenters. The fourth-order valence-electron chi connectivity index (χ4n) is 1.18. The van der Waals surface area contributed by atoms with Crippen LogP contribution in [0.1, 0.15) is 20.7 Å². The van der Waals surface area contributed by atoms with Crippen LogP contribution in [0.25, 0.3) is 0 Å². The molecule has 0 bridgehead atoms. The monoisotopic (exact) mass is 214 g/mol. The van der Waals surface area contributed by atoms with Crippen molar-refractivity contribution in [1.29, 1.82) is 0 Å². The number of benzene rings is 1. The van der Waals surface area contributed by atoms with Gasteiger partial charge in [0.05, 0.1) is 12.2 Å². The summed E-state index contributed by atoms with van der Waals surface area (Å²) in [5.74, 6) is 1.43. The molecule has 0 saturated heterocycles. The normalized spacial score (nSPS) is 8.50. The third kappa shape index (κ3) is 2.49. The van der Waals surface area contributed by atoms with Gasteiger partial charge in [0.1, 0.15) is 11.9 Å². The summed E-state index contributed by atoms with van der Waals surface area (Å²) in [4.78, 5) is 42.9. The molecule has 0 fully saturated rings. The van der Waals surface area contributed by atoms with Crippen LogP contribution in [0.2, 0.25) is 0 Å². The van der Waals surface area contributed by atoms with Crippen LogP contribution in [0.3, 0.4) is 0 Å². The van der Waals surface area contributed by atoms with E-state index in [1.165, 1.54) is 24.0 Å². The van der Waals surface area contributed by atoms with Gasteiger partial charge in [-0.1, -0.05) is 24.3 Å². The molecule has 0 amide bonds. The third-order valence-electron chi connectivity index (χ3n) is 1.84. The minimum Gasteiger partial charge on any atom is -0.288 e. The van der Waals surface area contributed by atoms with Gasteiger partial charge in [0.25, 0.3) is 0 Å². The maximum Gasteiger partial charge on any atom is 0.197 e. The lowest BCUT2D eigenvalue weighted by molar-refractivity contribution is 0.101. The van der Waals surface area contributed by atoms with E-state index in [-0.39, 0.29) is 11.1 Å². The minimum absolute atomic E-state index is 0.0577.